The molecular formula is C15H26N4O2. The fraction of sp³-hybridized carbons (Fsp3) is 0.733. The van der Waals surface area contributed by atoms with Gasteiger partial charge in [-0.3, -0.25) is 0 Å². The van der Waals surface area contributed by atoms with E-state index in [-0.39, 0.29) is 6.09 Å². The van der Waals surface area contributed by atoms with Crippen LogP contribution in [0.5, 0.6) is 0 Å². The number of carbonyl (C=O) groups is 1. The lowest BCUT2D eigenvalue weighted by Gasteiger charge is -2.33. The number of likely N-dealkylation sites (tertiary alicyclic amines) is 1. The SMILES string of the molecule is Cn1ccnc1CNC1CCN(C(=O)OC(C)(C)C)CC1. The number of imidazole rings is 1. The smallest absolute Gasteiger partial charge is 0.410 e. The molecular weight excluding hydrogens is 268 g/mol. The van der Waals surface area contributed by atoms with Crippen molar-refractivity contribution in [3.8, 4) is 0 Å². The zero-order valence-electron chi connectivity index (χ0n) is 13.4. The zero-order chi connectivity index (χ0) is 15.5. The van der Waals surface area contributed by atoms with Crippen LogP contribution in [-0.2, 0) is 18.3 Å². The van der Waals surface area contributed by atoms with Crippen molar-refractivity contribution < 1.29 is 9.53 Å². The lowest BCUT2D eigenvalue weighted by molar-refractivity contribution is 0.0198. The summed E-state index contributed by atoms with van der Waals surface area (Å²) < 4.78 is 7.42. The Bertz CT molecular complexity index is 470. The van der Waals surface area contributed by atoms with Crippen molar-refractivity contribution in [2.45, 2.75) is 51.8 Å². The van der Waals surface area contributed by atoms with Crippen LogP contribution in [-0.4, -0.2) is 45.3 Å². The van der Waals surface area contributed by atoms with E-state index in [0.29, 0.717) is 6.04 Å². The molecule has 1 aliphatic heterocycles. The molecule has 1 fully saturated rings. The van der Waals surface area contributed by atoms with E-state index in [1.54, 1.807) is 4.90 Å². The number of carbonyl (C=O) groups excluding carboxylic acids is 1. The van der Waals surface area contributed by atoms with Crippen LogP contribution in [0.1, 0.15) is 39.4 Å². The topological polar surface area (TPSA) is 59.4 Å². The molecule has 1 aromatic heterocycles. The Labute approximate surface area is 126 Å². The maximum absolute atomic E-state index is 12.0. The molecule has 1 N–H and O–H groups in total. The van der Waals surface area contributed by atoms with Gasteiger partial charge in [0, 0.05) is 38.6 Å². The Morgan fingerprint density at radius 1 is 1.43 bits per heavy atom. The molecule has 0 aliphatic carbocycles. The number of amides is 1. The number of ether oxygens (including phenoxy) is 1. The molecule has 6 heteroatoms. The van der Waals surface area contributed by atoms with Crippen molar-refractivity contribution in [1.82, 2.24) is 19.8 Å². The monoisotopic (exact) mass is 294 g/mol. The molecule has 1 aromatic rings. The maximum Gasteiger partial charge on any atom is 0.410 e. The van der Waals surface area contributed by atoms with Crippen molar-refractivity contribution in [2.75, 3.05) is 13.1 Å². The molecule has 0 unspecified atom stereocenters. The summed E-state index contributed by atoms with van der Waals surface area (Å²) in [6, 6.07) is 0.431. The molecule has 2 heterocycles. The van der Waals surface area contributed by atoms with E-state index in [4.69, 9.17) is 4.74 Å². The highest BCUT2D eigenvalue weighted by molar-refractivity contribution is 5.68. The molecule has 21 heavy (non-hydrogen) atoms. The van der Waals surface area contributed by atoms with Crippen LogP contribution in [0.25, 0.3) is 0 Å². The number of nitrogens with zero attached hydrogens (tertiary/aromatic N) is 3. The summed E-state index contributed by atoms with van der Waals surface area (Å²) in [6.45, 7) is 7.94. The van der Waals surface area contributed by atoms with Gasteiger partial charge in [-0.1, -0.05) is 0 Å². The van der Waals surface area contributed by atoms with Gasteiger partial charge in [-0.25, -0.2) is 9.78 Å². The summed E-state index contributed by atoms with van der Waals surface area (Å²) in [5.74, 6) is 1.03. The van der Waals surface area contributed by atoms with Crippen molar-refractivity contribution in [3.63, 3.8) is 0 Å². The molecule has 0 saturated carbocycles. The highest BCUT2D eigenvalue weighted by Gasteiger charge is 2.26. The highest BCUT2D eigenvalue weighted by Crippen LogP contribution is 2.15. The molecule has 6 nitrogen and oxygen atoms in total. The summed E-state index contributed by atoms with van der Waals surface area (Å²) >= 11 is 0. The Morgan fingerprint density at radius 3 is 2.62 bits per heavy atom. The normalized spacial score (nSPS) is 17.0. The van der Waals surface area contributed by atoms with Crippen molar-refractivity contribution in [2.24, 2.45) is 7.05 Å². The number of piperidine rings is 1. The second-order valence-corrected chi connectivity index (χ2v) is 6.58. The molecule has 0 atom stereocenters. The second-order valence-electron chi connectivity index (χ2n) is 6.58. The third kappa shape index (κ3) is 4.74. The third-order valence-corrected chi connectivity index (χ3v) is 3.62. The minimum atomic E-state index is -0.426. The lowest BCUT2D eigenvalue weighted by Crippen LogP contribution is -2.46. The third-order valence-electron chi connectivity index (χ3n) is 3.62. The first-order chi connectivity index (χ1) is 9.85. The average Bonchev–Trinajstić information content (AvgIpc) is 2.80. The van der Waals surface area contributed by atoms with E-state index in [0.717, 1.165) is 38.3 Å². The number of aromatic nitrogens is 2. The van der Waals surface area contributed by atoms with Gasteiger partial charge in [0.1, 0.15) is 11.4 Å². The molecule has 0 bridgehead atoms. The molecule has 1 saturated heterocycles. The largest absolute Gasteiger partial charge is 0.444 e. The zero-order valence-corrected chi connectivity index (χ0v) is 13.4. The van der Waals surface area contributed by atoms with Gasteiger partial charge in [0.15, 0.2) is 0 Å². The van der Waals surface area contributed by atoms with Crippen molar-refractivity contribution >= 4 is 6.09 Å². The first-order valence-electron chi connectivity index (χ1n) is 7.52. The lowest BCUT2D eigenvalue weighted by atomic mass is 10.1. The number of aryl methyl sites for hydroxylation is 1. The van der Waals surface area contributed by atoms with Crippen molar-refractivity contribution in [3.05, 3.63) is 18.2 Å². The van der Waals surface area contributed by atoms with Gasteiger partial charge in [-0.15, -0.1) is 0 Å². The molecule has 0 spiro atoms. The summed E-state index contributed by atoms with van der Waals surface area (Å²) in [5.41, 5.74) is -0.426. The van der Waals surface area contributed by atoms with E-state index in [2.05, 4.69) is 10.3 Å². The standard InChI is InChI=1S/C15H26N4O2/c1-15(2,3)21-14(20)19-8-5-12(6-9-19)17-11-13-16-7-10-18(13)4/h7,10,12,17H,5-6,8-9,11H2,1-4H3. The van der Waals surface area contributed by atoms with Crippen LogP contribution < -0.4 is 5.32 Å². The molecule has 1 amide bonds. The van der Waals surface area contributed by atoms with Crippen LogP contribution in [0.4, 0.5) is 4.79 Å². The maximum atomic E-state index is 12.0. The number of hydrogen-bond acceptors (Lipinski definition) is 4. The fourth-order valence-corrected chi connectivity index (χ4v) is 2.40. The Morgan fingerprint density at radius 2 is 2.10 bits per heavy atom. The predicted octanol–water partition coefficient (Wildman–Crippen LogP) is 1.91. The van der Waals surface area contributed by atoms with Crippen LogP contribution in [0.15, 0.2) is 12.4 Å². The number of nitrogens with one attached hydrogen (secondary N) is 1. The second kappa shape index (κ2) is 6.47. The van der Waals surface area contributed by atoms with E-state index >= 15 is 0 Å². The summed E-state index contributed by atoms with van der Waals surface area (Å²) in [4.78, 5) is 18.1. The van der Waals surface area contributed by atoms with E-state index in [1.807, 2.05) is 44.8 Å². The Hall–Kier alpha value is -1.56. The minimum absolute atomic E-state index is 0.204. The molecule has 0 aromatic carbocycles. The summed E-state index contributed by atoms with van der Waals surface area (Å²) in [5, 5.41) is 3.51. The predicted molar refractivity (Wildman–Crippen MR) is 80.9 cm³/mol. The van der Waals surface area contributed by atoms with Gasteiger partial charge >= 0.3 is 6.09 Å². The van der Waals surface area contributed by atoms with E-state index < -0.39 is 5.60 Å². The van der Waals surface area contributed by atoms with Gasteiger partial charge in [-0.2, -0.15) is 0 Å². The molecule has 2 rings (SSSR count). The molecule has 0 radical (unpaired) electrons. The van der Waals surface area contributed by atoms with Gasteiger partial charge < -0.3 is 19.5 Å². The fourth-order valence-electron chi connectivity index (χ4n) is 2.40. The molecule has 118 valence electrons. The highest BCUT2D eigenvalue weighted by atomic mass is 16.6. The molecule has 1 aliphatic rings. The van der Waals surface area contributed by atoms with Crippen LogP contribution in [0.3, 0.4) is 0 Å². The van der Waals surface area contributed by atoms with E-state index in [9.17, 15) is 4.79 Å². The van der Waals surface area contributed by atoms with Gasteiger partial charge in [0.2, 0.25) is 0 Å². The quantitative estimate of drug-likeness (QED) is 0.925. The summed E-state index contributed by atoms with van der Waals surface area (Å²) in [7, 11) is 2.00. The Kier molecular flexibility index (Phi) is 4.88. The van der Waals surface area contributed by atoms with Gasteiger partial charge in [-0.05, 0) is 33.6 Å². The number of rotatable bonds is 3. The van der Waals surface area contributed by atoms with Crippen LogP contribution in [0.2, 0.25) is 0 Å². The van der Waals surface area contributed by atoms with Gasteiger partial charge in [0.25, 0.3) is 0 Å². The average molecular weight is 294 g/mol. The first-order valence-corrected chi connectivity index (χ1v) is 7.52. The summed E-state index contributed by atoms with van der Waals surface area (Å²) in [6.07, 6.45) is 5.45. The van der Waals surface area contributed by atoms with Crippen LogP contribution >= 0.6 is 0 Å². The Balaban J connectivity index is 1.73. The van der Waals surface area contributed by atoms with E-state index in [1.165, 1.54) is 0 Å². The number of hydrogen-bond donors (Lipinski definition) is 1. The first kappa shape index (κ1) is 15.8. The van der Waals surface area contributed by atoms with Crippen molar-refractivity contribution in [1.29, 1.82) is 0 Å². The van der Waals surface area contributed by atoms with Gasteiger partial charge in [0.05, 0.1) is 6.54 Å². The van der Waals surface area contributed by atoms with Crippen LogP contribution in [0, 0.1) is 0 Å². The minimum Gasteiger partial charge on any atom is -0.444 e.